The number of amides is 1. The summed E-state index contributed by atoms with van der Waals surface area (Å²) in [5.74, 6) is -1.84. The predicted octanol–water partition coefficient (Wildman–Crippen LogP) is 2.62. The summed E-state index contributed by atoms with van der Waals surface area (Å²) in [6.07, 6.45) is 0.345. The molecule has 13 heteroatoms. The first-order valence-electron chi connectivity index (χ1n) is 12.6. The van der Waals surface area contributed by atoms with Crippen molar-refractivity contribution in [3.8, 4) is 5.75 Å². The molecule has 0 saturated carbocycles. The van der Waals surface area contributed by atoms with Crippen LogP contribution >= 0.6 is 7.75 Å². The third kappa shape index (κ3) is 7.21. The number of para-hydroxylation sites is 1. The minimum Gasteiger partial charge on any atom is -0.462 e. The van der Waals surface area contributed by atoms with Gasteiger partial charge < -0.3 is 29.2 Å². The zero-order valence-electron chi connectivity index (χ0n) is 22.5. The number of carbonyl (C=O) groups is 2. The minimum absolute atomic E-state index is 0.226. The Morgan fingerprint density at radius 1 is 1.10 bits per heavy atom. The van der Waals surface area contributed by atoms with Crippen molar-refractivity contribution in [2.24, 2.45) is 5.73 Å². The Morgan fingerprint density at radius 2 is 1.79 bits per heavy atom. The Bertz CT molecular complexity index is 1230. The molecule has 6 atom stereocenters. The number of ether oxygens (including phenoxy) is 4. The summed E-state index contributed by atoms with van der Waals surface area (Å²) in [4.78, 5) is 24.2. The van der Waals surface area contributed by atoms with Crippen LogP contribution in [0.25, 0.3) is 0 Å². The fraction of sp³-hybridized carbons (Fsp3) is 0.500. The fourth-order valence-corrected chi connectivity index (χ4v) is 5.84. The van der Waals surface area contributed by atoms with E-state index >= 15 is 0 Å². The lowest BCUT2D eigenvalue weighted by Gasteiger charge is -2.26. The summed E-state index contributed by atoms with van der Waals surface area (Å²) in [7, 11) is -4.12. The number of hydrogen-bond acceptors (Lipinski definition) is 9. The summed E-state index contributed by atoms with van der Waals surface area (Å²) in [5, 5.41) is 2.66. The molecule has 2 fully saturated rings. The summed E-state index contributed by atoms with van der Waals surface area (Å²) in [5.41, 5.74) is 5.75. The summed E-state index contributed by atoms with van der Waals surface area (Å²) in [6.45, 7) is 8.26. The van der Waals surface area contributed by atoms with Gasteiger partial charge in [0.05, 0.1) is 12.7 Å². The van der Waals surface area contributed by atoms with Crippen molar-refractivity contribution in [3.63, 3.8) is 0 Å². The van der Waals surface area contributed by atoms with E-state index in [0.717, 1.165) is 0 Å². The van der Waals surface area contributed by atoms with E-state index in [1.54, 1.807) is 87.1 Å². The molecule has 2 saturated heterocycles. The van der Waals surface area contributed by atoms with Crippen molar-refractivity contribution in [1.29, 1.82) is 0 Å². The second-order valence-corrected chi connectivity index (χ2v) is 11.8. The first-order valence-corrected chi connectivity index (χ1v) is 14.2. The van der Waals surface area contributed by atoms with Crippen LogP contribution < -0.4 is 19.9 Å². The molecule has 4 rings (SSSR count). The third-order valence-corrected chi connectivity index (χ3v) is 7.60. The first-order chi connectivity index (χ1) is 18.4. The molecule has 212 valence electrons. The van der Waals surface area contributed by atoms with Gasteiger partial charge in [0.15, 0.2) is 24.3 Å². The lowest BCUT2D eigenvalue weighted by atomic mass is 10.1. The van der Waals surface area contributed by atoms with Crippen molar-refractivity contribution in [2.75, 3.05) is 6.61 Å². The quantitative estimate of drug-likeness (QED) is 0.237. The van der Waals surface area contributed by atoms with Gasteiger partial charge in [-0.05, 0) is 52.8 Å². The number of rotatable bonds is 11. The Labute approximate surface area is 227 Å². The summed E-state index contributed by atoms with van der Waals surface area (Å²) in [6, 6.07) is 10.7. The largest absolute Gasteiger partial charge is 0.462 e. The van der Waals surface area contributed by atoms with Gasteiger partial charge in [0.25, 0.3) is 12.1 Å². The molecule has 0 aliphatic carbocycles. The molecule has 12 nitrogen and oxygen atoms in total. The second kappa shape index (κ2) is 11.7. The van der Waals surface area contributed by atoms with Crippen molar-refractivity contribution in [3.05, 3.63) is 60.4 Å². The fourth-order valence-electron chi connectivity index (χ4n) is 4.34. The van der Waals surface area contributed by atoms with Crippen molar-refractivity contribution in [1.82, 2.24) is 5.09 Å². The van der Waals surface area contributed by atoms with Crippen LogP contribution in [0, 0.1) is 0 Å². The smallest absolute Gasteiger partial charge is 0.459 e. The Balaban J connectivity index is 1.54. The minimum atomic E-state index is -4.12. The number of fused-ring (bicyclic) bond motifs is 1. The number of hydrogen-bond donors (Lipinski definition) is 2. The van der Waals surface area contributed by atoms with Crippen LogP contribution in [0.4, 0.5) is 0 Å². The Kier molecular flexibility index (Phi) is 8.75. The maximum Gasteiger partial charge on any atom is 0.459 e. The lowest BCUT2D eigenvalue weighted by Crippen LogP contribution is -2.46. The molecular formula is C26H35N3O9P+. The van der Waals surface area contributed by atoms with Gasteiger partial charge in [-0.15, -0.1) is 0 Å². The molecule has 3 N–H and O–H groups in total. The standard InChI is InChI=1S/C26H34N3O9P/c1-16(2)34-25(31)17(3)28-39(32,38-19-11-7-6-8-12-19)33-15-20-21-22(37-26(4,5)36-21)24(35-20)29-13-9-10-18(14-29)23(27)30/h6-14,16-17,20-22,24H,15H2,1-5H3,(H2-,27,28,30,32)/p+1/t17-,20+,21?,22-,24+,39?/m0/s1. The zero-order valence-corrected chi connectivity index (χ0v) is 23.4. The van der Waals surface area contributed by atoms with Crippen molar-refractivity contribution < 1.29 is 46.7 Å². The van der Waals surface area contributed by atoms with Gasteiger partial charge in [-0.1, -0.05) is 18.2 Å². The normalized spacial score (nSPS) is 26.0. The van der Waals surface area contributed by atoms with Crippen LogP contribution in [-0.2, 0) is 32.8 Å². The van der Waals surface area contributed by atoms with Gasteiger partial charge in [-0.2, -0.15) is 9.65 Å². The Morgan fingerprint density at radius 3 is 2.46 bits per heavy atom. The van der Waals surface area contributed by atoms with Gasteiger partial charge in [0.2, 0.25) is 0 Å². The van der Waals surface area contributed by atoms with E-state index < -0.39 is 56.0 Å². The van der Waals surface area contributed by atoms with Crippen LogP contribution in [0.5, 0.6) is 5.75 Å². The topological polar surface area (TPSA) is 149 Å². The molecule has 0 radical (unpaired) electrons. The highest BCUT2D eigenvalue weighted by Gasteiger charge is 2.59. The monoisotopic (exact) mass is 564 g/mol. The lowest BCUT2D eigenvalue weighted by molar-refractivity contribution is -0.766. The van der Waals surface area contributed by atoms with Crippen molar-refractivity contribution in [2.45, 2.75) is 77.1 Å². The average Bonchev–Trinajstić information content (AvgIpc) is 3.35. The predicted molar refractivity (Wildman–Crippen MR) is 137 cm³/mol. The molecule has 0 bridgehead atoms. The number of nitrogens with one attached hydrogen (secondary N) is 1. The van der Waals surface area contributed by atoms with Gasteiger partial charge in [0.1, 0.15) is 29.6 Å². The van der Waals surface area contributed by atoms with Gasteiger partial charge in [-0.3, -0.25) is 14.1 Å². The average molecular weight is 565 g/mol. The highest BCUT2D eigenvalue weighted by molar-refractivity contribution is 7.52. The third-order valence-electron chi connectivity index (χ3n) is 5.96. The van der Waals surface area contributed by atoms with Crippen LogP contribution in [0.2, 0.25) is 0 Å². The highest BCUT2D eigenvalue weighted by atomic mass is 31.2. The first kappa shape index (κ1) is 29.1. The van der Waals surface area contributed by atoms with Gasteiger partial charge in [0, 0.05) is 6.07 Å². The maximum atomic E-state index is 13.9. The number of aromatic nitrogens is 1. The highest BCUT2D eigenvalue weighted by Crippen LogP contribution is 2.47. The molecule has 0 spiro atoms. The number of primary amides is 1. The maximum absolute atomic E-state index is 13.9. The summed E-state index contributed by atoms with van der Waals surface area (Å²) >= 11 is 0. The molecule has 1 aromatic heterocycles. The second-order valence-electron chi connectivity index (χ2n) is 10.1. The SMILES string of the molecule is CC(C)OC(=O)[C@H](C)NP(=O)(OC[C@H]1O[C@@H]([n+]2cccc(C(N)=O)c2)[C@H]2OC(C)(C)OC12)Oc1ccccc1. The van der Waals surface area contributed by atoms with E-state index in [4.69, 9.17) is 33.7 Å². The molecule has 2 aliphatic heterocycles. The number of carbonyl (C=O) groups excluding carboxylic acids is 2. The van der Waals surface area contributed by atoms with E-state index in [2.05, 4.69) is 5.09 Å². The molecule has 2 aliphatic rings. The van der Waals surface area contributed by atoms with E-state index in [0.29, 0.717) is 5.56 Å². The number of benzene rings is 1. The van der Waals surface area contributed by atoms with Crippen molar-refractivity contribution >= 4 is 19.6 Å². The van der Waals surface area contributed by atoms with Crippen LogP contribution in [-0.4, -0.2) is 54.7 Å². The molecule has 3 heterocycles. The summed E-state index contributed by atoms with van der Waals surface area (Å²) < 4.78 is 50.8. The molecule has 1 aromatic carbocycles. The van der Waals surface area contributed by atoms with Crippen LogP contribution in [0.15, 0.2) is 54.9 Å². The number of nitrogens with two attached hydrogens (primary N) is 1. The van der Waals surface area contributed by atoms with E-state index in [1.165, 1.54) is 6.92 Å². The number of esters is 1. The molecule has 39 heavy (non-hydrogen) atoms. The van der Waals surface area contributed by atoms with E-state index in [1.807, 2.05) is 0 Å². The van der Waals surface area contributed by atoms with Gasteiger partial charge >= 0.3 is 13.7 Å². The number of nitrogens with zero attached hydrogens (tertiary/aromatic N) is 1. The Hall–Kier alpha value is -2.86. The van der Waals surface area contributed by atoms with E-state index in [-0.39, 0.29) is 18.5 Å². The van der Waals surface area contributed by atoms with Gasteiger partial charge in [-0.25, -0.2) is 4.57 Å². The molecule has 1 amide bonds. The van der Waals surface area contributed by atoms with Crippen LogP contribution in [0.1, 0.15) is 51.2 Å². The van der Waals surface area contributed by atoms with E-state index in [9.17, 15) is 14.2 Å². The zero-order chi connectivity index (χ0) is 28.4. The number of pyridine rings is 1. The molecular weight excluding hydrogens is 529 g/mol. The molecule has 2 aromatic rings. The molecule has 2 unspecified atom stereocenters. The van der Waals surface area contributed by atoms with Crippen LogP contribution in [0.3, 0.4) is 0 Å².